The van der Waals surface area contributed by atoms with Crippen LogP contribution in [-0.4, -0.2) is 58.8 Å². The maximum atomic E-state index is 15.0. The van der Waals surface area contributed by atoms with Crippen molar-refractivity contribution in [2.45, 2.75) is 57.4 Å². The SMILES string of the molecule is CC1(C)C[C@H](Nc2ncc(-c3ncc(-c4cn[nH]c4)cc3O)nn2)[C@H](F)C(C)(C)N1. The van der Waals surface area contributed by atoms with E-state index in [-0.39, 0.29) is 22.9 Å². The van der Waals surface area contributed by atoms with Gasteiger partial charge in [-0.15, -0.1) is 10.2 Å². The molecular formula is C20H25FN8O. The number of piperidine rings is 1. The smallest absolute Gasteiger partial charge is 0.243 e. The highest BCUT2D eigenvalue weighted by Gasteiger charge is 2.46. The zero-order chi connectivity index (χ0) is 21.5. The summed E-state index contributed by atoms with van der Waals surface area (Å²) in [7, 11) is 0. The standard InChI is InChI=1S/C20H25FN8O/c1-19(2)6-13(17(21)20(3,4)29-19)26-18-23-10-14(27-28-18)16-15(30)5-11(7-22-16)12-8-24-25-9-12/h5,7-10,13,17,29-30H,6H2,1-4H3,(H,24,25)(H,23,26,28)/t13-,17-/m0/s1. The van der Waals surface area contributed by atoms with Gasteiger partial charge in [0.15, 0.2) is 0 Å². The number of hydrogen-bond donors (Lipinski definition) is 4. The van der Waals surface area contributed by atoms with Gasteiger partial charge in [-0.25, -0.2) is 14.4 Å². The third-order valence-corrected chi connectivity index (χ3v) is 5.25. The molecule has 0 aliphatic carbocycles. The number of halogens is 1. The summed E-state index contributed by atoms with van der Waals surface area (Å²) in [6.45, 7) is 7.77. The lowest BCUT2D eigenvalue weighted by molar-refractivity contribution is 0.0654. The number of hydrogen-bond acceptors (Lipinski definition) is 8. The predicted molar refractivity (Wildman–Crippen MR) is 111 cm³/mol. The highest BCUT2D eigenvalue weighted by molar-refractivity contribution is 5.69. The van der Waals surface area contributed by atoms with Crippen molar-refractivity contribution in [3.63, 3.8) is 0 Å². The third-order valence-electron chi connectivity index (χ3n) is 5.25. The fraction of sp³-hybridized carbons (Fsp3) is 0.450. The molecule has 0 radical (unpaired) electrons. The Bertz CT molecular complexity index is 1020. The molecule has 1 fully saturated rings. The molecule has 0 unspecified atom stereocenters. The summed E-state index contributed by atoms with van der Waals surface area (Å²) < 4.78 is 15.0. The molecule has 10 heteroatoms. The van der Waals surface area contributed by atoms with Gasteiger partial charge in [-0.1, -0.05) is 0 Å². The van der Waals surface area contributed by atoms with Gasteiger partial charge in [-0.3, -0.25) is 5.10 Å². The molecule has 0 saturated carbocycles. The molecule has 4 N–H and O–H groups in total. The van der Waals surface area contributed by atoms with Crippen LogP contribution in [0.5, 0.6) is 5.75 Å². The second-order valence-corrected chi connectivity index (χ2v) is 8.83. The molecule has 30 heavy (non-hydrogen) atoms. The predicted octanol–water partition coefficient (Wildman–Crippen LogP) is 2.70. The maximum Gasteiger partial charge on any atom is 0.243 e. The van der Waals surface area contributed by atoms with Gasteiger partial charge in [0.05, 0.1) is 18.4 Å². The van der Waals surface area contributed by atoms with Crippen LogP contribution in [0.2, 0.25) is 0 Å². The van der Waals surface area contributed by atoms with Crippen molar-refractivity contribution in [2.75, 3.05) is 5.32 Å². The molecule has 1 aliphatic heterocycles. The lowest BCUT2D eigenvalue weighted by Crippen LogP contribution is -2.67. The summed E-state index contributed by atoms with van der Waals surface area (Å²) in [5, 5.41) is 31.5. The number of rotatable bonds is 4. The van der Waals surface area contributed by atoms with E-state index < -0.39 is 17.8 Å². The number of alkyl halides is 1. The fourth-order valence-electron chi connectivity index (χ4n) is 4.11. The van der Waals surface area contributed by atoms with E-state index >= 15 is 0 Å². The van der Waals surface area contributed by atoms with Crippen LogP contribution in [-0.2, 0) is 0 Å². The van der Waals surface area contributed by atoms with Crippen LogP contribution in [0.3, 0.4) is 0 Å². The summed E-state index contributed by atoms with van der Waals surface area (Å²) in [4.78, 5) is 8.53. The first-order valence-corrected chi connectivity index (χ1v) is 9.73. The molecule has 4 heterocycles. The van der Waals surface area contributed by atoms with Gasteiger partial charge in [0.2, 0.25) is 5.95 Å². The maximum absolute atomic E-state index is 15.0. The van der Waals surface area contributed by atoms with Crippen molar-refractivity contribution in [1.82, 2.24) is 35.7 Å². The molecular weight excluding hydrogens is 387 g/mol. The van der Waals surface area contributed by atoms with Crippen molar-refractivity contribution in [2.24, 2.45) is 0 Å². The third kappa shape index (κ3) is 3.95. The Hall–Kier alpha value is -3.14. The number of nitrogens with zero attached hydrogens (tertiary/aromatic N) is 5. The van der Waals surface area contributed by atoms with Crippen molar-refractivity contribution < 1.29 is 9.50 Å². The Labute approximate surface area is 173 Å². The number of aromatic amines is 1. The zero-order valence-corrected chi connectivity index (χ0v) is 17.3. The molecule has 158 valence electrons. The van der Waals surface area contributed by atoms with E-state index in [1.165, 1.54) is 6.20 Å². The van der Waals surface area contributed by atoms with Crippen molar-refractivity contribution in [1.29, 1.82) is 0 Å². The van der Waals surface area contributed by atoms with Crippen LogP contribution in [0.1, 0.15) is 34.1 Å². The Kier molecular flexibility index (Phi) is 4.89. The van der Waals surface area contributed by atoms with Crippen LogP contribution in [0, 0.1) is 0 Å². The van der Waals surface area contributed by atoms with Gasteiger partial charge >= 0.3 is 0 Å². The second-order valence-electron chi connectivity index (χ2n) is 8.83. The summed E-state index contributed by atoms with van der Waals surface area (Å²) in [5.41, 5.74) is 1.19. The van der Waals surface area contributed by atoms with Crippen LogP contribution in [0.4, 0.5) is 10.3 Å². The Morgan fingerprint density at radius 2 is 1.90 bits per heavy atom. The van der Waals surface area contributed by atoms with E-state index in [9.17, 15) is 9.50 Å². The summed E-state index contributed by atoms with van der Waals surface area (Å²) in [6.07, 6.45) is 5.86. The molecule has 3 aromatic heterocycles. The zero-order valence-electron chi connectivity index (χ0n) is 17.3. The molecule has 2 atom stereocenters. The van der Waals surface area contributed by atoms with E-state index in [1.54, 1.807) is 24.7 Å². The van der Waals surface area contributed by atoms with Crippen molar-refractivity contribution >= 4 is 5.95 Å². The number of aromatic hydroxyl groups is 1. The minimum Gasteiger partial charge on any atom is -0.506 e. The molecule has 4 rings (SSSR count). The van der Waals surface area contributed by atoms with E-state index in [0.29, 0.717) is 17.7 Å². The molecule has 1 saturated heterocycles. The van der Waals surface area contributed by atoms with E-state index in [4.69, 9.17) is 0 Å². The van der Waals surface area contributed by atoms with E-state index in [2.05, 4.69) is 41.0 Å². The van der Waals surface area contributed by atoms with Gasteiger partial charge in [-0.2, -0.15) is 5.10 Å². The lowest BCUT2D eigenvalue weighted by Gasteiger charge is -2.48. The first kappa shape index (κ1) is 20.1. The summed E-state index contributed by atoms with van der Waals surface area (Å²) in [6, 6.07) is 1.12. The van der Waals surface area contributed by atoms with Crippen LogP contribution in [0.25, 0.3) is 22.5 Å². The van der Waals surface area contributed by atoms with Crippen molar-refractivity contribution in [3.05, 3.63) is 30.9 Å². The molecule has 3 aromatic rings. The average Bonchev–Trinajstić information content (AvgIpc) is 3.20. The molecule has 9 nitrogen and oxygen atoms in total. The highest BCUT2D eigenvalue weighted by atomic mass is 19.1. The quantitative estimate of drug-likeness (QED) is 0.516. The van der Waals surface area contributed by atoms with E-state index in [0.717, 1.165) is 5.56 Å². The lowest BCUT2D eigenvalue weighted by atomic mass is 9.78. The van der Waals surface area contributed by atoms with Crippen molar-refractivity contribution in [3.8, 4) is 28.3 Å². The number of aromatic nitrogens is 6. The number of pyridine rings is 1. The molecule has 1 aliphatic rings. The fourth-order valence-corrected chi connectivity index (χ4v) is 4.11. The Morgan fingerprint density at radius 3 is 2.53 bits per heavy atom. The largest absolute Gasteiger partial charge is 0.506 e. The minimum absolute atomic E-state index is 0.0452. The van der Waals surface area contributed by atoms with Gasteiger partial charge in [0, 0.05) is 34.6 Å². The molecule has 0 bridgehead atoms. The first-order valence-electron chi connectivity index (χ1n) is 9.73. The normalized spacial score (nSPS) is 22.6. The number of nitrogens with one attached hydrogen (secondary N) is 3. The number of H-pyrrole nitrogens is 1. The summed E-state index contributed by atoms with van der Waals surface area (Å²) >= 11 is 0. The van der Waals surface area contributed by atoms with Gasteiger partial charge in [-0.05, 0) is 40.2 Å². The average molecular weight is 412 g/mol. The molecule has 0 spiro atoms. The highest BCUT2D eigenvalue weighted by Crippen LogP contribution is 2.33. The van der Waals surface area contributed by atoms with Gasteiger partial charge in [0.25, 0.3) is 0 Å². The Balaban J connectivity index is 1.52. The minimum atomic E-state index is -1.13. The monoisotopic (exact) mass is 412 g/mol. The second kappa shape index (κ2) is 7.28. The van der Waals surface area contributed by atoms with Crippen LogP contribution < -0.4 is 10.6 Å². The van der Waals surface area contributed by atoms with Gasteiger partial charge < -0.3 is 15.7 Å². The topological polar surface area (TPSA) is 125 Å². The molecule has 0 amide bonds. The first-order chi connectivity index (χ1) is 14.1. The molecule has 0 aromatic carbocycles. The summed E-state index contributed by atoms with van der Waals surface area (Å²) in [5.74, 6) is 0.186. The number of anilines is 1. The van der Waals surface area contributed by atoms with Gasteiger partial charge in [0.1, 0.15) is 23.3 Å². The van der Waals surface area contributed by atoms with E-state index in [1.807, 2.05) is 27.7 Å². The Morgan fingerprint density at radius 1 is 1.10 bits per heavy atom. The van der Waals surface area contributed by atoms with Crippen LogP contribution in [0.15, 0.2) is 30.9 Å². The van der Waals surface area contributed by atoms with Crippen LogP contribution >= 0.6 is 0 Å².